The normalized spacial score (nSPS) is 17.7. The topological polar surface area (TPSA) is 103 Å². The number of anilines is 2. The minimum absolute atomic E-state index is 0.116. The van der Waals surface area contributed by atoms with Crippen molar-refractivity contribution in [2.24, 2.45) is 5.92 Å². The zero-order valence-electron chi connectivity index (χ0n) is 19.6. The minimum atomic E-state index is -0.841. The van der Waals surface area contributed by atoms with E-state index in [9.17, 15) is 14.4 Å². The summed E-state index contributed by atoms with van der Waals surface area (Å²) >= 11 is 12.5. The fourth-order valence-electron chi connectivity index (χ4n) is 3.81. The van der Waals surface area contributed by atoms with Crippen molar-refractivity contribution in [2.45, 2.75) is 44.8 Å². The number of nitrogens with one attached hydrogen (secondary N) is 3. The van der Waals surface area contributed by atoms with Crippen LogP contribution < -0.4 is 20.9 Å². The van der Waals surface area contributed by atoms with Crippen LogP contribution >= 0.6 is 23.2 Å². The Kier molecular flexibility index (Phi) is 8.30. The maximum Gasteiger partial charge on any atom is 0.248 e. The second-order valence-corrected chi connectivity index (χ2v) is 9.70. The average Bonchev–Trinajstić information content (AvgIpc) is 3.21. The van der Waals surface area contributed by atoms with Gasteiger partial charge in [0.2, 0.25) is 11.8 Å². The maximum absolute atomic E-state index is 13.8. The summed E-state index contributed by atoms with van der Waals surface area (Å²) in [6, 6.07) is 7.06. The number of carbonyl (C=O) groups is 3. The van der Waals surface area contributed by atoms with Gasteiger partial charge in [-0.2, -0.15) is 0 Å². The summed E-state index contributed by atoms with van der Waals surface area (Å²) in [6.07, 6.45) is 2.70. The SMILES string of the molecule is CNC(C)(C=O)CN[C@H](C(=O)N1c2ncccc2C[C@H]1C(=O)Nc1c(Cl)cccc1Cl)C(C)C. The molecule has 2 amide bonds. The van der Waals surface area contributed by atoms with Crippen molar-refractivity contribution in [2.75, 3.05) is 23.8 Å². The van der Waals surface area contributed by atoms with E-state index in [1.54, 1.807) is 44.4 Å². The molecule has 34 heavy (non-hydrogen) atoms. The van der Waals surface area contributed by atoms with Crippen LogP contribution in [0.15, 0.2) is 36.5 Å². The molecule has 1 aromatic carbocycles. The molecule has 1 aromatic heterocycles. The zero-order chi connectivity index (χ0) is 25.0. The van der Waals surface area contributed by atoms with E-state index in [2.05, 4.69) is 20.9 Å². The molecule has 0 aliphatic carbocycles. The molecule has 1 unspecified atom stereocenters. The van der Waals surface area contributed by atoms with Gasteiger partial charge in [-0.05, 0) is 43.7 Å². The monoisotopic (exact) mass is 505 g/mol. The summed E-state index contributed by atoms with van der Waals surface area (Å²) in [5.41, 5.74) is 0.241. The number of hydrogen-bond donors (Lipinski definition) is 3. The van der Waals surface area contributed by atoms with Crippen LogP contribution in [0.3, 0.4) is 0 Å². The second-order valence-electron chi connectivity index (χ2n) is 8.89. The predicted octanol–water partition coefficient (Wildman–Crippen LogP) is 3.08. The third kappa shape index (κ3) is 5.41. The van der Waals surface area contributed by atoms with Crippen LogP contribution in [-0.2, 0) is 20.8 Å². The van der Waals surface area contributed by atoms with E-state index in [1.807, 2.05) is 19.9 Å². The van der Waals surface area contributed by atoms with Crippen LogP contribution in [0.25, 0.3) is 0 Å². The molecular formula is C24H29Cl2N5O3. The van der Waals surface area contributed by atoms with Gasteiger partial charge in [-0.3, -0.25) is 14.5 Å². The zero-order valence-corrected chi connectivity index (χ0v) is 21.1. The first-order valence-electron chi connectivity index (χ1n) is 11.0. The molecule has 3 atom stereocenters. The highest BCUT2D eigenvalue weighted by molar-refractivity contribution is 6.39. The third-order valence-corrected chi connectivity index (χ3v) is 6.65. The number of para-hydroxylation sites is 1. The van der Waals surface area contributed by atoms with Gasteiger partial charge in [-0.15, -0.1) is 0 Å². The standard InChI is InChI=1S/C24H29Cl2N5O3/c1-14(2)19(29-12-24(3,13-32)27-4)23(34)31-18(11-15-7-6-10-28-21(15)31)22(33)30-20-16(25)8-5-9-17(20)26/h5-10,13-14,18-19,27,29H,11-12H2,1-4H3,(H,30,33)/t18-,19-,24?/m0/s1. The first kappa shape index (κ1) is 26.1. The Balaban J connectivity index is 1.92. The van der Waals surface area contributed by atoms with E-state index in [4.69, 9.17) is 23.2 Å². The van der Waals surface area contributed by atoms with Crippen molar-refractivity contribution in [1.29, 1.82) is 0 Å². The number of rotatable bonds is 9. The van der Waals surface area contributed by atoms with E-state index in [-0.39, 0.29) is 18.4 Å². The lowest BCUT2D eigenvalue weighted by atomic mass is 9.99. The highest BCUT2D eigenvalue weighted by atomic mass is 35.5. The molecule has 3 N–H and O–H groups in total. The third-order valence-electron chi connectivity index (χ3n) is 6.02. The molecule has 1 aliphatic rings. The van der Waals surface area contributed by atoms with E-state index < -0.39 is 23.5 Å². The van der Waals surface area contributed by atoms with Crippen LogP contribution in [0.2, 0.25) is 10.0 Å². The molecule has 0 bridgehead atoms. The Labute approximate surface area is 209 Å². The summed E-state index contributed by atoms with van der Waals surface area (Å²) in [4.78, 5) is 44.6. The lowest BCUT2D eigenvalue weighted by Crippen LogP contribution is -2.59. The Morgan fingerprint density at radius 2 is 1.91 bits per heavy atom. The van der Waals surface area contributed by atoms with E-state index in [0.29, 0.717) is 28.0 Å². The predicted molar refractivity (Wildman–Crippen MR) is 134 cm³/mol. The highest BCUT2D eigenvalue weighted by Crippen LogP contribution is 2.34. The van der Waals surface area contributed by atoms with Gasteiger partial charge < -0.3 is 20.7 Å². The van der Waals surface area contributed by atoms with Crippen molar-refractivity contribution in [3.63, 3.8) is 0 Å². The number of aldehydes is 1. The van der Waals surface area contributed by atoms with Crippen molar-refractivity contribution < 1.29 is 14.4 Å². The molecule has 182 valence electrons. The first-order valence-corrected chi connectivity index (χ1v) is 11.8. The minimum Gasteiger partial charge on any atom is -0.322 e. The van der Waals surface area contributed by atoms with Crippen molar-refractivity contribution >= 4 is 52.8 Å². The smallest absolute Gasteiger partial charge is 0.248 e. The Bertz CT molecular complexity index is 1060. The van der Waals surface area contributed by atoms with Gasteiger partial charge in [0.1, 0.15) is 18.1 Å². The summed E-state index contributed by atoms with van der Waals surface area (Å²) in [7, 11) is 1.68. The number of nitrogens with zero attached hydrogens (tertiary/aromatic N) is 2. The number of amides is 2. The van der Waals surface area contributed by atoms with Gasteiger partial charge >= 0.3 is 0 Å². The molecule has 8 nitrogen and oxygen atoms in total. The number of aromatic nitrogens is 1. The number of fused-ring (bicyclic) bond motifs is 1. The molecule has 1 aliphatic heterocycles. The van der Waals surface area contributed by atoms with Crippen molar-refractivity contribution in [1.82, 2.24) is 15.6 Å². The van der Waals surface area contributed by atoms with Gasteiger partial charge in [-0.1, -0.05) is 49.2 Å². The first-order chi connectivity index (χ1) is 16.1. The van der Waals surface area contributed by atoms with Crippen LogP contribution in [0.5, 0.6) is 0 Å². The molecule has 0 spiro atoms. The highest BCUT2D eigenvalue weighted by Gasteiger charge is 2.43. The molecule has 0 fully saturated rings. The van der Waals surface area contributed by atoms with E-state index in [0.717, 1.165) is 11.8 Å². The van der Waals surface area contributed by atoms with Gasteiger partial charge in [-0.25, -0.2) is 4.98 Å². The molecule has 3 rings (SSSR count). The lowest BCUT2D eigenvalue weighted by molar-refractivity contribution is -0.125. The number of carbonyl (C=O) groups excluding carboxylic acids is 3. The van der Waals surface area contributed by atoms with E-state index in [1.165, 1.54) is 4.90 Å². The fourth-order valence-corrected chi connectivity index (χ4v) is 4.31. The fraction of sp³-hybridized carbons (Fsp3) is 0.417. The van der Waals surface area contributed by atoms with Gasteiger partial charge in [0.15, 0.2) is 0 Å². The molecule has 10 heteroatoms. The van der Waals surface area contributed by atoms with Crippen LogP contribution in [-0.4, -0.2) is 54.3 Å². The number of hydrogen-bond acceptors (Lipinski definition) is 6. The van der Waals surface area contributed by atoms with Crippen molar-refractivity contribution in [3.05, 3.63) is 52.1 Å². The van der Waals surface area contributed by atoms with Gasteiger partial charge in [0.25, 0.3) is 0 Å². The summed E-state index contributed by atoms with van der Waals surface area (Å²) in [6.45, 7) is 5.78. The molecular weight excluding hydrogens is 477 g/mol. The molecule has 0 saturated carbocycles. The Hall–Kier alpha value is -2.52. The average molecular weight is 506 g/mol. The van der Waals surface area contributed by atoms with Crippen molar-refractivity contribution in [3.8, 4) is 0 Å². The van der Waals surface area contributed by atoms with Crippen LogP contribution in [0.1, 0.15) is 26.3 Å². The quantitative estimate of drug-likeness (QED) is 0.452. The molecule has 0 saturated heterocycles. The molecule has 2 aromatic rings. The number of benzene rings is 1. The number of halogens is 2. The number of pyridine rings is 1. The Morgan fingerprint density at radius 1 is 1.24 bits per heavy atom. The summed E-state index contributed by atoms with van der Waals surface area (Å²) in [5.74, 6) is -0.397. The van der Waals surface area contributed by atoms with Gasteiger partial charge in [0.05, 0.1) is 27.3 Å². The second kappa shape index (κ2) is 10.8. The van der Waals surface area contributed by atoms with E-state index >= 15 is 0 Å². The maximum atomic E-state index is 13.8. The number of likely N-dealkylation sites (N-methyl/N-ethyl adjacent to an activating group) is 1. The lowest BCUT2D eigenvalue weighted by Gasteiger charge is -2.32. The van der Waals surface area contributed by atoms with Crippen LogP contribution in [0.4, 0.5) is 11.5 Å². The Morgan fingerprint density at radius 3 is 2.50 bits per heavy atom. The summed E-state index contributed by atoms with van der Waals surface area (Å²) in [5, 5.41) is 9.55. The molecule has 0 radical (unpaired) electrons. The summed E-state index contributed by atoms with van der Waals surface area (Å²) < 4.78 is 0. The van der Waals surface area contributed by atoms with Crippen LogP contribution in [0, 0.1) is 5.92 Å². The molecule has 2 heterocycles. The van der Waals surface area contributed by atoms with Gasteiger partial charge in [0, 0.05) is 19.2 Å². The largest absolute Gasteiger partial charge is 0.322 e.